The summed E-state index contributed by atoms with van der Waals surface area (Å²) in [4.78, 5) is 0. The van der Waals surface area contributed by atoms with Crippen LogP contribution < -0.4 is 10.1 Å². The van der Waals surface area contributed by atoms with Gasteiger partial charge in [0.25, 0.3) is 0 Å². The first kappa shape index (κ1) is 11.8. The number of ether oxygens (including phenoxy) is 1. The van der Waals surface area contributed by atoms with Gasteiger partial charge in [-0.2, -0.15) is 11.8 Å². The molecule has 3 heteroatoms. The molecule has 0 fully saturated rings. The van der Waals surface area contributed by atoms with Gasteiger partial charge in [0.1, 0.15) is 5.75 Å². The highest BCUT2D eigenvalue weighted by Crippen LogP contribution is 2.36. The molecule has 2 rings (SSSR count). The Balaban J connectivity index is 2.30. The van der Waals surface area contributed by atoms with Crippen LogP contribution in [0.3, 0.4) is 0 Å². The molecule has 1 aliphatic rings. The summed E-state index contributed by atoms with van der Waals surface area (Å²) in [5.74, 6) is 3.30. The number of nitrogens with one attached hydrogen (secondary N) is 1. The molecule has 88 valence electrons. The van der Waals surface area contributed by atoms with E-state index in [-0.39, 0.29) is 0 Å². The molecule has 0 saturated carbocycles. The largest absolute Gasteiger partial charge is 0.494 e. The molecule has 1 N–H and O–H groups in total. The van der Waals surface area contributed by atoms with Gasteiger partial charge >= 0.3 is 0 Å². The van der Waals surface area contributed by atoms with Crippen LogP contribution >= 0.6 is 11.8 Å². The van der Waals surface area contributed by atoms with Crippen LogP contribution in [0, 0.1) is 0 Å². The van der Waals surface area contributed by atoms with E-state index in [2.05, 4.69) is 30.4 Å². The highest BCUT2D eigenvalue weighted by Gasteiger charge is 2.22. The van der Waals surface area contributed by atoms with Crippen LogP contribution in [0.4, 0.5) is 0 Å². The number of hydrogen-bond acceptors (Lipinski definition) is 3. The van der Waals surface area contributed by atoms with Crippen LogP contribution in [-0.4, -0.2) is 18.9 Å². The molecule has 0 radical (unpaired) electrons. The fourth-order valence-electron chi connectivity index (χ4n) is 2.14. The molecule has 0 amide bonds. The molecule has 16 heavy (non-hydrogen) atoms. The van der Waals surface area contributed by atoms with Crippen molar-refractivity contribution in [3.05, 3.63) is 29.3 Å². The molecule has 0 aliphatic carbocycles. The third-order valence-corrected chi connectivity index (χ3v) is 3.89. The first-order valence-electron chi connectivity index (χ1n) is 5.92. The standard InChI is InChI=1S/C13H19NOS/c1-3-14-12-9-16-8-11-10(12)6-5-7-13(11)15-4-2/h5-7,12,14H,3-4,8-9H2,1-2H3. The highest BCUT2D eigenvalue weighted by atomic mass is 32.2. The molecule has 1 aliphatic heterocycles. The lowest BCUT2D eigenvalue weighted by molar-refractivity contribution is 0.336. The van der Waals surface area contributed by atoms with Crippen molar-refractivity contribution in [2.24, 2.45) is 0 Å². The van der Waals surface area contributed by atoms with E-state index in [1.54, 1.807) is 0 Å². The van der Waals surface area contributed by atoms with Gasteiger partial charge in [-0.1, -0.05) is 19.1 Å². The molecule has 0 bridgehead atoms. The summed E-state index contributed by atoms with van der Waals surface area (Å²) < 4.78 is 5.69. The monoisotopic (exact) mass is 237 g/mol. The summed E-state index contributed by atoms with van der Waals surface area (Å²) in [5, 5.41) is 3.53. The fraction of sp³-hybridized carbons (Fsp3) is 0.538. The Morgan fingerprint density at radius 2 is 2.31 bits per heavy atom. The minimum atomic E-state index is 0.485. The Morgan fingerprint density at radius 3 is 3.06 bits per heavy atom. The predicted octanol–water partition coefficient (Wildman–Crippen LogP) is 2.98. The highest BCUT2D eigenvalue weighted by molar-refractivity contribution is 7.98. The number of thioether (sulfide) groups is 1. The molecule has 1 heterocycles. The van der Waals surface area contributed by atoms with Crippen molar-refractivity contribution in [3.8, 4) is 5.75 Å². The van der Waals surface area contributed by atoms with Gasteiger partial charge in [0.05, 0.1) is 6.61 Å². The van der Waals surface area contributed by atoms with Crippen LogP contribution in [0.25, 0.3) is 0 Å². The lowest BCUT2D eigenvalue weighted by Gasteiger charge is -2.27. The maximum absolute atomic E-state index is 5.69. The van der Waals surface area contributed by atoms with E-state index in [1.807, 2.05) is 18.7 Å². The summed E-state index contributed by atoms with van der Waals surface area (Å²) >= 11 is 1.98. The smallest absolute Gasteiger partial charge is 0.123 e. The summed E-state index contributed by atoms with van der Waals surface area (Å²) in [7, 11) is 0. The second-order valence-electron chi connectivity index (χ2n) is 3.88. The average molecular weight is 237 g/mol. The van der Waals surface area contributed by atoms with E-state index in [0.29, 0.717) is 6.04 Å². The second kappa shape index (κ2) is 5.60. The minimum absolute atomic E-state index is 0.485. The van der Waals surface area contributed by atoms with Crippen molar-refractivity contribution < 1.29 is 4.74 Å². The van der Waals surface area contributed by atoms with Gasteiger partial charge in [0.2, 0.25) is 0 Å². The molecule has 0 spiro atoms. The molecular formula is C13H19NOS. The summed E-state index contributed by atoms with van der Waals surface area (Å²) in [5.41, 5.74) is 2.80. The lowest BCUT2D eigenvalue weighted by atomic mass is 10.0. The van der Waals surface area contributed by atoms with Gasteiger partial charge in [-0.15, -0.1) is 0 Å². The Morgan fingerprint density at radius 1 is 1.44 bits per heavy atom. The zero-order valence-electron chi connectivity index (χ0n) is 9.95. The Labute approximate surface area is 102 Å². The maximum Gasteiger partial charge on any atom is 0.123 e. The molecular weight excluding hydrogens is 218 g/mol. The van der Waals surface area contributed by atoms with Crippen LogP contribution in [0.2, 0.25) is 0 Å². The fourth-order valence-corrected chi connectivity index (χ4v) is 3.30. The van der Waals surface area contributed by atoms with Gasteiger partial charge in [-0.05, 0) is 25.1 Å². The Kier molecular flexibility index (Phi) is 4.13. The number of benzene rings is 1. The van der Waals surface area contributed by atoms with Gasteiger partial charge in [0.15, 0.2) is 0 Å². The van der Waals surface area contributed by atoms with Gasteiger partial charge in [0, 0.05) is 23.1 Å². The van der Waals surface area contributed by atoms with Crippen molar-refractivity contribution in [1.29, 1.82) is 0 Å². The van der Waals surface area contributed by atoms with Crippen LogP contribution in [-0.2, 0) is 5.75 Å². The van der Waals surface area contributed by atoms with E-state index in [9.17, 15) is 0 Å². The first-order valence-corrected chi connectivity index (χ1v) is 7.08. The van der Waals surface area contributed by atoms with Crippen molar-refractivity contribution in [2.75, 3.05) is 18.9 Å². The molecule has 0 saturated heterocycles. The Bertz CT molecular complexity index is 354. The Hall–Kier alpha value is -0.670. The van der Waals surface area contributed by atoms with Crippen molar-refractivity contribution in [2.45, 2.75) is 25.6 Å². The summed E-state index contributed by atoms with van der Waals surface area (Å²) in [6.45, 7) is 5.96. The van der Waals surface area contributed by atoms with E-state index < -0.39 is 0 Å². The third kappa shape index (κ3) is 2.36. The molecule has 2 nitrogen and oxygen atoms in total. The molecule has 1 atom stereocenters. The molecule has 0 aromatic heterocycles. The van der Waals surface area contributed by atoms with Crippen molar-refractivity contribution in [3.63, 3.8) is 0 Å². The van der Waals surface area contributed by atoms with Gasteiger partial charge in [-0.3, -0.25) is 0 Å². The predicted molar refractivity (Wildman–Crippen MR) is 70.2 cm³/mol. The molecule has 1 aromatic rings. The number of hydrogen-bond donors (Lipinski definition) is 1. The summed E-state index contributed by atoms with van der Waals surface area (Å²) in [6.07, 6.45) is 0. The minimum Gasteiger partial charge on any atom is -0.494 e. The van der Waals surface area contributed by atoms with E-state index in [0.717, 1.165) is 30.4 Å². The molecule has 1 aromatic carbocycles. The maximum atomic E-state index is 5.69. The van der Waals surface area contributed by atoms with Crippen LogP contribution in [0.5, 0.6) is 5.75 Å². The van der Waals surface area contributed by atoms with E-state index in [1.165, 1.54) is 11.1 Å². The van der Waals surface area contributed by atoms with E-state index in [4.69, 9.17) is 4.74 Å². The number of rotatable bonds is 4. The van der Waals surface area contributed by atoms with Crippen molar-refractivity contribution in [1.82, 2.24) is 5.32 Å². The summed E-state index contributed by atoms with van der Waals surface area (Å²) in [6, 6.07) is 6.89. The second-order valence-corrected chi connectivity index (χ2v) is 4.91. The first-order chi connectivity index (χ1) is 7.86. The average Bonchev–Trinajstić information content (AvgIpc) is 2.31. The normalized spacial score (nSPS) is 19.2. The quantitative estimate of drug-likeness (QED) is 0.870. The number of fused-ring (bicyclic) bond motifs is 1. The van der Waals surface area contributed by atoms with Crippen LogP contribution in [0.15, 0.2) is 18.2 Å². The molecule has 1 unspecified atom stereocenters. The zero-order chi connectivity index (χ0) is 11.4. The third-order valence-electron chi connectivity index (χ3n) is 2.83. The topological polar surface area (TPSA) is 21.3 Å². The lowest BCUT2D eigenvalue weighted by Crippen LogP contribution is -2.26. The van der Waals surface area contributed by atoms with Crippen molar-refractivity contribution >= 4 is 11.8 Å². The zero-order valence-corrected chi connectivity index (χ0v) is 10.8. The van der Waals surface area contributed by atoms with Gasteiger partial charge < -0.3 is 10.1 Å². The van der Waals surface area contributed by atoms with E-state index >= 15 is 0 Å². The SMILES string of the molecule is CCNC1CSCc2c(OCC)cccc21. The van der Waals surface area contributed by atoms with Crippen LogP contribution in [0.1, 0.15) is 31.0 Å². The van der Waals surface area contributed by atoms with Gasteiger partial charge in [-0.25, -0.2) is 0 Å².